The van der Waals surface area contributed by atoms with Crippen LogP contribution in [0.25, 0.3) is 10.9 Å². The number of hydrogen-bond donors (Lipinski definition) is 1. The molecule has 5 nitrogen and oxygen atoms in total. The molecule has 2 heterocycles. The number of pyridine rings is 1. The van der Waals surface area contributed by atoms with Crippen LogP contribution in [0.1, 0.15) is 35.5 Å². The fourth-order valence-electron chi connectivity index (χ4n) is 3.26. The van der Waals surface area contributed by atoms with Gasteiger partial charge in [0.1, 0.15) is 5.82 Å². The highest BCUT2D eigenvalue weighted by Gasteiger charge is 2.43. The normalized spacial score (nSPS) is 19.5. The molecule has 0 bridgehead atoms. The van der Waals surface area contributed by atoms with E-state index < -0.39 is 0 Å². The van der Waals surface area contributed by atoms with Gasteiger partial charge in [-0.25, -0.2) is 9.97 Å². The van der Waals surface area contributed by atoms with E-state index in [0.717, 1.165) is 40.2 Å². The Morgan fingerprint density at radius 2 is 1.92 bits per heavy atom. The Hall–Kier alpha value is -2.69. The molecule has 1 aliphatic carbocycles. The van der Waals surface area contributed by atoms with Crippen molar-refractivity contribution >= 4 is 22.3 Å². The number of nitrogens with two attached hydrogens (primary N) is 1. The van der Waals surface area contributed by atoms with Crippen molar-refractivity contribution in [2.75, 3.05) is 24.7 Å². The molecule has 2 N–H and O–H groups in total. The van der Waals surface area contributed by atoms with E-state index in [1.165, 1.54) is 5.69 Å². The summed E-state index contributed by atoms with van der Waals surface area (Å²) in [6.07, 6.45) is 2.89. The van der Waals surface area contributed by atoms with Gasteiger partial charge >= 0.3 is 0 Å². The second-order valence-corrected chi connectivity index (χ2v) is 6.74. The summed E-state index contributed by atoms with van der Waals surface area (Å²) in [4.78, 5) is 16.0. The summed E-state index contributed by atoms with van der Waals surface area (Å²) < 4.78 is 0. The fourth-order valence-corrected chi connectivity index (χ4v) is 3.26. The lowest BCUT2D eigenvalue weighted by atomic mass is 10.1. The Morgan fingerprint density at radius 3 is 2.67 bits per heavy atom. The number of benzene rings is 1. The second-order valence-electron chi connectivity index (χ2n) is 6.74. The van der Waals surface area contributed by atoms with Gasteiger partial charge in [-0.15, -0.1) is 0 Å². The van der Waals surface area contributed by atoms with Crippen molar-refractivity contribution in [3.8, 4) is 0 Å². The van der Waals surface area contributed by atoms with E-state index in [2.05, 4.69) is 35.0 Å². The molecule has 4 rings (SSSR count). The van der Waals surface area contributed by atoms with E-state index in [1.807, 2.05) is 37.4 Å². The second kappa shape index (κ2) is 5.44. The van der Waals surface area contributed by atoms with Gasteiger partial charge in [0.2, 0.25) is 0 Å². The molecule has 1 aromatic carbocycles. The lowest BCUT2D eigenvalue weighted by Crippen LogP contribution is -2.10. The summed E-state index contributed by atoms with van der Waals surface area (Å²) in [5.41, 5.74) is 10.9. The third-order valence-corrected chi connectivity index (χ3v) is 4.63. The predicted molar refractivity (Wildman–Crippen MR) is 97.4 cm³/mol. The average Bonchev–Trinajstić information content (AvgIpc) is 3.34. The Balaban J connectivity index is 1.75. The number of rotatable bonds is 3. The smallest absolute Gasteiger partial charge is 0.132 e. The highest BCUT2D eigenvalue weighted by atomic mass is 15.1. The number of aromatic nitrogens is 3. The predicted octanol–water partition coefficient (Wildman–Crippen LogP) is 3.25. The van der Waals surface area contributed by atoms with Crippen LogP contribution in [0, 0.1) is 6.92 Å². The minimum Gasteiger partial charge on any atom is -0.399 e. The van der Waals surface area contributed by atoms with Crippen LogP contribution in [0.2, 0.25) is 0 Å². The van der Waals surface area contributed by atoms with Crippen LogP contribution in [-0.2, 0) is 0 Å². The Bertz CT molecular complexity index is 919. The Labute approximate surface area is 141 Å². The third-order valence-electron chi connectivity index (χ3n) is 4.63. The molecule has 5 heteroatoms. The van der Waals surface area contributed by atoms with E-state index in [-0.39, 0.29) is 0 Å². The molecule has 2 atom stereocenters. The molecular formula is C19H21N5. The first kappa shape index (κ1) is 14.9. The molecular weight excluding hydrogens is 298 g/mol. The van der Waals surface area contributed by atoms with Gasteiger partial charge in [-0.3, -0.25) is 4.98 Å². The van der Waals surface area contributed by atoms with Gasteiger partial charge in [0.05, 0.1) is 5.52 Å². The van der Waals surface area contributed by atoms with Crippen molar-refractivity contribution in [2.45, 2.75) is 25.2 Å². The summed E-state index contributed by atoms with van der Waals surface area (Å²) in [7, 11) is 4.12. The van der Waals surface area contributed by atoms with E-state index >= 15 is 0 Å². The minimum absolute atomic E-state index is 0.367. The Kier molecular flexibility index (Phi) is 3.37. The van der Waals surface area contributed by atoms with Gasteiger partial charge in [0.25, 0.3) is 0 Å². The van der Waals surface area contributed by atoms with Crippen LogP contribution < -0.4 is 10.6 Å². The number of nitrogens with zero attached hydrogens (tertiary/aromatic N) is 4. The molecule has 2 aromatic heterocycles. The fraction of sp³-hybridized carbons (Fsp3) is 0.316. The van der Waals surface area contributed by atoms with Gasteiger partial charge in [0.15, 0.2) is 0 Å². The van der Waals surface area contributed by atoms with E-state index in [0.29, 0.717) is 11.8 Å². The summed E-state index contributed by atoms with van der Waals surface area (Å²) in [5.74, 6) is 1.68. The number of anilines is 2. The highest BCUT2D eigenvalue weighted by molar-refractivity contribution is 5.93. The van der Waals surface area contributed by atoms with E-state index in [1.54, 1.807) is 0 Å². The van der Waals surface area contributed by atoms with Crippen LogP contribution in [0.3, 0.4) is 0 Å². The number of aryl methyl sites for hydroxylation is 1. The van der Waals surface area contributed by atoms with Gasteiger partial charge in [-0.05, 0) is 43.7 Å². The SMILES string of the molecule is Cc1ccnc(C2CC2c2cc(N(C)C)c3ccc(N)cc3n2)n1. The van der Waals surface area contributed by atoms with Crippen LogP contribution >= 0.6 is 0 Å². The van der Waals surface area contributed by atoms with Crippen LogP contribution in [0.15, 0.2) is 36.5 Å². The quantitative estimate of drug-likeness (QED) is 0.751. The summed E-state index contributed by atoms with van der Waals surface area (Å²) >= 11 is 0. The first-order valence-corrected chi connectivity index (χ1v) is 8.20. The van der Waals surface area contributed by atoms with Crippen molar-refractivity contribution < 1.29 is 0 Å². The van der Waals surface area contributed by atoms with Gasteiger partial charge in [0, 0.05) is 60.3 Å². The number of fused-ring (bicyclic) bond motifs is 1. The molecule has 0 spiro atoms. The molecule has 1 aliphatic rings. The molecule has 0 aliphatic heterocycles. The molecule has 122 valence electrons. The number of nitrogen functional groups attached to an aromatic ring is 1. The zero-order valence-electron chi connectivity index (χ0n) is 14.2. The monoisotopic (exact) mass is 319 g/mol. The van der Waals surface area contributed by atoms with E-state index in [9.17, 15) is 0 Å². The topological polar surface area (TPSA) is 67.9 Å². The van der Waals surface area contributed by atoms with Gasteiger partial charge in [-0.1, -0.05) is 0 Å². The number of hydrogen-bond acceptors (Lipinski definition) is 5. The third kappa shape index (κ3) is 2.56. The zero-order valence-corrected chi connectivity index (χ0v) is 14.2. The molecule has 3 aromatic rings. The van der Waals surface area contributed by atoms with Crippen molar-refractivity contribution in [3.05, 3.63) is 53.7 Å². The lowest BCUT2D eigenvalue weighted by Gasteiger charge is -2.17. The first-order valence-electron chi connectivity index (χ1n) is 8.20. The van der Waals surface area contributed by atoms with Crippen molar-refractivity contribution in [1.82, 2.24) is 15.0 Å². The molecule has 1 fully saturated rings. The van der Waals surface area contributed by atoms with E-state index in [4.69, 9.17) is 10.7 Å². The minimum atomic E-state index is 0.367. The summed E-state index contributed by atoms with van der Waals surface area (Å²) in [6, 6.07) is 10.1. The molecule has 1 saturated carbocycles. The lowest BCUT2D eigenvalue weighted by molar-refractivity contribution is 0.867. The average molecular weight is 319 g/mol. The highest BCUT2D eigenvalue weighted by Crippen LogP contribution is 2.53. The van der Waals surface area contributed by atoms with Crippen molar-refractivity contribution in [1.29, 1.82) is 0 Å². The van der Waals surface area contributed by atoms with Crippen LogP contribution in [-0.4, -0.2) is 29.0 Å². The van der Waals surface area contributed by atoms with Gasteiger partial charge in [-0.2, -0.15) is 0 Å². The molecule has 2 unspecified atom stereocenters. The Morgan fingerprint density at radius 1 is 1.08 bits per heavy atom. The van der Waals surface area contributed by atoms with Crippen molar-refractivity contribution in [2.24, 2.45) is 0 Å². The molecule has 0 amide bonds. The molecule has 24 heavy (non-hydrogen) atoms. The first-order chi connectivity index (χ1) is 11.5. The molecule has 0 saturated heterocycles. The van der Waals surface area contributed by atoms with Gasteiger partial charge < -0.3 is 10.6 Å². The van der Waals surface area contributed by atoms with Crippen LogP contribution in [0.5, 0.6) is 0 Å². The maximum atomic E-state index is 5.95. The molecule has 0 radical (unpaired) electrons. The zero-order chi connectivity index (χ0) is 16.8. The van der Waals surface area contributed by atoms with Crippen molar-refractivity contribution in [3.63, 3.8) is 0 Å². The maximum absolute atomic E-state index is 5.95. The summed E-state index contributed by atoms with van der Waals surface area (Å²) in [5, 5.41) is 1.13. The maximum Gasteiger partial charge on any atom is 0.132 e. The largest absolute Gasteiger partial charge is 0.399 e. The van der Waals surface area contributed by atoms with Crippen LogP contribution in [0.4, 0.5) is 11.4 Å². The standard InChI is InChI=1S/C19H21N5/c1-11-6-7-21-19(22-11)15-9-14(15)17-10-18(24(2)3)13-5-4-12(20)8-16(13)23-17/h4-8,10,14-15H,9,20H2,1-3H3. The summed E-state index contributed by atoms with van der Waals surface area (Å²) in [6.45, 7) is 2.00.